The van der Waals surface area contributed by atoms with Crippen LogP contribution in [-0.4, -0.2) is 41.9 Å². The van der Waals surface area contributed by atoms with Crippen molar-refractivity contribution < 1.29 is 9.84 Å². The molecule has 0 saturated heterocycles. The summed E-state index contributed by atoms with van der Waals surface area (Å²) in [4.78, 5) is 4.82. The van der Waals surface area contributed by atoms with E-state index < -0.39 is 0 Å². The molecule has 5 N–H and O–H groups in total. The highest BCUT2D eigenvalue weighted by Crippen LogP contribution is 2.17. The number of hydrogen-bond acceptors (Lipinski definition) is 6. The second-order valence-corrected chi connectivity index (χ2v) is 6.62. The predicted octanol–water partition coefficient (Wildman–Crippen LogP) is 3.26. The Morgan fingerprint density at radius 3 is 2.63 bits per heavy atom. The van der Waals surface area contributed by atoms with Crippen molar-refractivity contribution in [2.75, 3.05) is 18.5 Å². The van der Waals surface area contributed by atoms with Crippen molar-refractivity contribution >= 4 is 17.1 Å². The van der Waals surface area contributed by atoms with Gasteiger partial charge in [0.25, 0.3) is 0 Å². The van der Waals surface area contributed by atoms with E-state index >= 15 is 0 Å². The monoisotopic (exact) mass is 370 g/mol. The Bertz CT molecular complexity index is 710. The number of para-hydroxylation sites is 1. The molecule has 27 heavy (non-hydrogen) atoms. The molecule has 6 heteroatoms. The Morgan fingerprint density at radius 1 is 1.22 bits per heavy atom. The number of nitrogens with two attached hydrogens (primary N) is 1. The molecule has 0 fully saturated rings. The number of aliphatic hydroxyl groups excluding tert-OH is 1. The molecule has 6 nitrogen and oxygen atoms in total. The number of benzene rings is 1. The van der Waals surface area contributed by atoms with E-state index in [4.69, 9.17) is 26.0 Å². The van der Waals surface area contributed by atoms with Crippen LogP contribution in [0.15, 0.2) is 58.9 Å². The number of aliphatic imine (C=N–C) groups is 1. The molecule has 0 aromatic heterocycles. The third kappa shape index (κ3) is 6.66. The summed E-state index contributed by atoms with van der Waals surface area (Å²) in [6.45, 7) is 4.51. The van der Waals surface area contributed by atoms with Gasteiger partial charge >= 0.3 is 0 Å². The molecular weight excluding hydrogens is 340 g/mol. The lowest BCUT2D eigenvalue weighted by molar-refractivity contribution is 0.0328. The average molecular weight is 370 g/mol. The van der Waals surface area contributed by atoms with E-state index in [1.165, 1.54) is 0 Å². The fourth-order valence-corrected chi connectivity index (χ4v) is 2.82. The lowest BCUT2D eigenvalue weighted by Gasteiger charge is -2.19. The molecule has 0 heterocycles. The number of rotatable bonds is 10. The van der Waals surface area contributed by atoms with E-state index in [0.29, 0.717) is 29.4 Å². The van der Waals surface area contributed by atoms with Crippen LogP contribution < -0.4 is 11.1 Å². The summed E-state index contributed by atoms with van der Waals surface area (Å²) in [6.07, 6.45) is 6.23. The maximum atomic E-state index is 8.84. The van der Waals surface area contributed by atoms with Crippen LogP contribution in [0.25, 0.3) is 0 Å². The zero-order chi connectivity index (χ0) is 19.6. The van der Waals surface area contributed by atoms with Gasteiger partial charge in [0.15, 0.2) is 0 Å². The Labute approximate surface area is 161 Å². The first-order chi connectivity index (χ1) is 13.0. The molecule has 146 valence electrons. The fraction of sp³-hybridized carbons (Fsp3) is 0.429. The topological polar surface area (TPSA) is 104 Å². The highest BCUT2D eigenvalue weighted by Gasteiger charge is 2.16. The molecule has 0 saturated carbocycles. The van der Waals surface area contributed by atoms with Crippen molar-refractivity contribution in [3.05, 3.63) is 53.9 Å². The van der Waals surface area contributed by atoms with Crippen LogP contribution in [0.5, 0.6) is 0 Å². The van der Waals surface area contributed by atoms with Gasteiger partial charge in [0, 0.05) is 5.69 Å². The summed E-state index contributed by atoms with van der Waals surface area (Å²) in [5, 5.41) is 20.3. The Hall–Kier alpha value is -2.44. The molecule has 0 aliphatic heterocycles. The fourth-order valence-electron chi connectivity index (χ4n) is 2.82. The average Bonchev–Trinajstić information content (AvgIpc) is 2.67. The van der Waals surface area contributed by atoms with Crippen molar-refractivity contribution in [3.63, 3.8) is 0 Å². The molecule has 1 aliphatic carbocycles. The van der Waals surface area contributed by atoms with Crippen LogP contribution in [0, 0.1) is 5.41 Å². The number of ether oxygens (including phenoxy) is 1. The zero-order valence-electron chi connectivity index (χ0n) is 16.1. The largest absolute Gasteiger partial charge is 0.397 e. The van der Waals surface area contributed by atoms with Gasteiger partial charge in [-0.2, -0.15) is 0 Å². The van der Waals surface area contributed by atoms with Gasteiger partial charge in [-0.05, 0) is 50.5 Å². The van der Waals surface area contributed by atoms with Gasteiger partial charge < -0.3 is 20.9 Å². The Balaban J connectivity index is 2.08. The highest BCUT2D eigenvalue weighted by atomic mass is 16.5. The van der Waals surface area contributed by atoms with Crippen LogP contribution >= 0.6 is 0 Å². The van der Waals surface area contributed by atoms with Crippen molar-refractivity contribution in [1.82, 2.24) is 0 Å². The van der Waals surface area contributed by atoms with Crippen LogP contribution in [0.3, 0.4) is 0 Å². The quantitative estimate of drug-likeness (QED) is 0.475. The SMILES string of the molecule is CCC(CCC(C)OCCO)/N=C1/C=C(Nc2ccccc2)C(=N)C=C1N. The minimum Gasteiger partial charge on any atom is -0.397 e. The number of anilines is 1. The van der Waals surface area contributed by atoms with E-state index in [1.54, 1.807) is 6.08 Å². The number of nitrogens with one attached hydrogen (secondary N) is 2. The maximum absolute atomic E-state index is 8.84. The second kappa shape index (κ2) is 10.6. The van der Waals surface area contributed by atoms with E-state index in [1.807, 2.05) is 43.3 Å². The molecule has 2 unspecified atom stereocenters. The summed E-state index contributed by atoms with van der Waals surface area (Å²) < 4.78 is 5.51. The molecule has 1 aromatic rings. The summed E-state index contributed by atoms with van der Waals surface area (Å²) in [7, 11) is 0. The van der Waals surface area contributed by atoms with Crippen LogP contribution in [0.2, 0.25) is 0 Å². The standard InChI is InChI=1S/C21H30N4O2/c1-3-16(10-9-15(2)27-12-11-26)24-20-14-21(19(23)13-18(20)22)25-17-7-5-4-6-8-17/h4-8,13-16,23,25-26H,3,9-12,22H2,1-2H3/b23-19?,24-20-. The molecule has 2 atom stereocenters. The van der Waals surface area contributed by atoms with Gasteiger partial charge in [-0.15, -0.1) is 0 Å². The minimum absolute atomic E-state index is 0.0408. The zero-order valence-corrected chi connectivity index (χ0v) is 16.1. The van der Waals surface area contributed by atoms with Gasteiger partial charge in [0.2, 0.25) is 0 Å². The third-order valence-electron chi connectivity index (χ3n) is 4.41. The van der Waals surface area contributed by atoms with Crippen LogP contribution in [0.1, 0.15) is 33.1 Å². The van der Waals surface area contributed by atoms with Crippen molar-refractivity contribution in [3.8, 4) is 0 Å². The number of hydrogen-bond donors (Lipinski definition) is 4. The van der Waals surface area contributed by atoms with Crippen molar-refractivity contribution in [1.29, 1.82) is 5.41 Å². The van der Waals surface area contributed by atoms with Crippen molar-refractivity contribution in [2.45, 2.75) is 45.3 Å². The van der Waals surface area contributed by atoms with Gasteiger partial charge in [-0.25, -0.2) is 0 Å². The minimum atomic E-state index is 0.0408. The first kappa shape index (κ1) is 20.9. The normalized spacial score (nSPS) is 18.0. The van der Waals surface area contributed by atoms with Crippen LogP contribution in [-0.2, 0) is 4.74 Å². The molecule has 0 amide bonds. The third-order valence-corrected chi connectivity index (χ3v) is 4.41. The van der Waals surface area contributed by atoms with E-state index in [0.717, 1.165) is 24.9 Å². The molecule has 1 aromatic carbocycles. The molecule has 0 spiro atoms. The van der Waals surface area contributed by atoms with Gasteiger partial charge in [-0.3, -0.25) is 10.4 Å². The maximum Gasteiger partial charge on any atom is 0.0829 e. The van der Waals surface area contributed by atoms with E-state index in [9.17, 15) is 0 Å². The van der Waals surface area contributed by atoms with E-state index in [2.05, 4.69) is 12.2 Å². The summed E-state index contributed by atoms with van der Waals surface area (Å²) in [5.74, 6) is 0. The summed E-state index contributed by atoms with van der Waals surface area (Å²) in [6, 6.07) is 9.88. The van der Waals surface area contributed by atoms with E-state index in [-0.39, 0.29) is 18.8 Å². The first-order valence-electron chi connectivity index (χ1n) is 9.44. The second-order valence-electron chi connectivity index (χ2n) is 6.62. The Morgan fingerprint density at radius 2 is 1.96 bits per heavy atom. The molecule has 1 aliphatic rings. The van der Waals surface area contributed by atoms with Crippen molar-refractivity contribution in [2.24, 2.45) is 10.7 Å². The molecule has 0 bridgehead atoms. The molecule has 0 radical (unpaired) electrons. The predicted molar refractivity (Wildman–Crippen MR) is 111 cm³/mol. The van der Waals surface area contributed by atoms with Gasteiger partial charge in [0.1, 0.15) is 0 Å². The lowest BCUT2D eigenvalue weighted by atomic mass is 10.0. The smallest absolute Gasteiger partial charge is 0.0829 e. The highest BCUT2D eigenvalue weighted by molar-refractivity contribution is 6.23. The molecular formula is C21H30N4O2. The van der Waals surface area contributed by atoms with Gasteiger partial charge in [-0.1, -0.05) is 25.1 Å². The molecule has 2 rings (SSSR count). The lowest BCUT2D eigenvalue weighted by Crippen LogP contribution is -2.23. The van der Waals surface area contributed by atoms with Gasteiger partial charge in [0.05, 0.1) is 48.2 Å². The first-order valence-corrected chi connectivity index (χ1v) is 9.44. The summed E-state index contributed by atoms with van der Waals surface area (Å²) in [5.41, 5.74) is 9.28. The summed E-state index contributed by atoms with van der Waals surface area (Å²) >= 11 is 0. The number of aliphatic hydroxyl groups is 1. The van der Waals surface area contributed by atoms with Crippen LogP contribution in [0.4, 0.5) is 5.69 Å². The Kier molecular flexibility index (Phi) is 8.23. The number of allylic oxidation sites excluding steroid dienone is 2. The number of nitrogens with zero attached hydrogens (tertiary/aromatic N) is 1.